The highest BCUT2D eigenvalue weighted by atomic mass is 16.2. The van der Waals surface area contributed by atoms with Crippen molar-refractivity contribution in [2.75, 3.05) is 32.7 Å². The first-order chi connectivity index (χ1) is 11.7. The lowest BCUT2D eigenvalue weighted by Crippen LogP contribution is -2.53. The van der Waals surface area contributed by atoms with Crippen molar-refractivity contribution in [1.82, 2.24) is 29.9 Å². The molecule has 1 aromatic rings. The van der Waals surface area contributed by atoms with Gasteiger partial charge in [-0.2, -0.15) is 0 Å². The lowest BCUT2D eigenvalue weighted by Gasteiger charge is -2.36. The Hall–Kier alpha value is -2.12. The van der Waals surface area contributed by atoms with Gasteiger partial charge in [0.1, 0.15) is 12.4 Å². The number of nitrogens with one attached hydrogen (secondary N) is 1. The van der Waals surface area contributed by atoms with Crippen LogP contribution in [-0.2, 0) is 24.3 Å². The first kappa shape index (κ1) is 16.7. The predicted molar refractivity (Wildman–Crippen MR) is 91.6 cm³/mol. The number of aliphatic imine (C=N–C) groups is 1. The molecule has 0 aromatic carbocycles. The summed E-state index contributed by atoms with van der Waals surface area (Å²) in [5.41, 5.74) is 0. The van der Waals surface area contributed by atoms with Crippen molar-refractivity contribution in [3.63, 3.8) is 0 Å². The van der Waals surface area contributed by atoms with Gasteiger partial charge in [-0.05, 0) is 19.8 Å². The van der Waals surface area contributed by atoms with Crippen LogP contribution in [0.15, 0.2) is 4.99 Å². The highest BCUT2D eigenvalue weighted by Crippen LogP contribution is 2.15. The summed E-state index contributed by atoms with van der Waals surface area (Å²) >= 11 is 0. The number of rotatable bonds is 3. The molecule has 132 valence electrons. The second kappa shape index (κ2) is 7.63. The standard InChI is InChI=1S/C16H27N7O/c1-3-17-16(22-10-8-21(9-11-22)13(2)24)18-12-15-20-19-14-6-4-5-7-23(14)15/h3-12H2,1-2H3,(H,17,18). The van der Waals surface area contributed by atoms with Crippen molar-refractivity contribution in [3.05, 3.63) is 11.6 Å². The maximum atomic E-state index is 11.5. The molecule has 0 unspecified atom stereocenters. The van der Waals surface area contributed by atoms with Crippen LogP contribution in [0.2, 0.25) is 0 Å². The molecule has 24 heavy (non-hydrogen) atoms. The van der Waals surface area contributed by atoms with Crippen LogP contribution in [0.25, 0.3) is 0 Å². The Bertz CT molecular complexity index is 602. The number of hydrogen-bond donors (Lipinski definition) is 1. The van der Waals surface area contributed by atoms with Gasteiger partial charge in [-0.1, -0.05) is 0 Å². The van der Waals surface area contributed by atoms with E-state index in [-0.39, 0.29) is 5.91 Å². The summed E-state index contributed by atoms with van der Waals surface area (Å²) in [6, 6.07) is 0. The topological polar surface area (TPSA) is 78.7 Å². The van der Waals surface area contributed by atoms with Gasteiger partial charge in [-0.15, -0.1) is 10.2 Å². The second-order valence-electron chi connectivity index (χ2n) is 6.30. The van der Waals surface area contributed by atoms with E-state index in [1.807, 2.05) is 4.90 Å². The molecule has 3 rings (SSSR count). The summed E-state index contributed by atoms with van der Waals surface area (Å²) in [6.07, 6.45) is 3.41. The third kappa shape index (κ3) is 3.68. The SMILES string of the molecule is CCNC(=NCc1nnc2n1CCCC2)N1CCN(C(C)=O)CC1. The Morgan fingerprint density at radius 2 is 1.88 bits per heavy atom. The Kier molecular flexibility index (Phi) is 5.32. The zero-order chi connectivity index (χ0) is 16.9. The van der Waals surface area contributed by atoms with Gasteiger partial charge in [0.25, 0.3) is 0 Å². The van der Waals surface area contributed by atoms with Crippen LogP contribution in [0, 0.1) is 0 Å². The molecular formula is C16H27N7O. The summed E-state index contributed by atoms with van der Waals surface area (Å²) in [6.45, 7) is 9.18. The monoisotopic (exact) mass is 333 g/mol. The molecule has 0 bridgehead atoms. The van der Waals surface area contributed by atoms with Gasteiger partial charge in [0.15, 0.2) is 11.8 Å². The fraction of sp³-hybridized carbons (Fsp3) is 0.750. The average Bonchev–Trinajstić information content (AvgIpc) is 3.02. The minimum absolute atomic E-state index is 0.145. The summed E-state index contributed by atoms with van der Waals surface area (Å²) in [5.74, 6) is 3.08. The molecule has 1 saturated heterocycles. The quantitative estimate of drug-likeness (QED) is 0.633. The predicted octanol–water partition coefficient (Wildman–Crippen LogP) is 0.244. The third-order valence-electron chi connectivity index (χ3n) is 4.67. The number of aromatic nitrogens is 3. The van der Waals surface area contributed by atoms with Gasteiger partial charge in [-0.3, -0.25) is 4.79 Å². The van der Waals surface area contributed by atoms with Crippen molar-refractivity contribution in [2.24, 2.45) is 4.99 Å². The van der Waals surface area contributed by atoms with E-state index < -0.39 is 0 Å². The number of piperazine rings is 1. The van der Waals surface area contributed by atoms with E-state index in [1.165, 1.54) is 12.8 Å². The molecule has 8 heteroatoms. The van der Waals surface area contributed by atoms with Crippen molar-refractivity contribution in [3.8, 4) is 0 Å². The zero-order valence-electron chi connectivity index (χ0n) is 14.7. The molecule has 1 fully saturated rings. The lowest BCUT2D eigenvalue weighted by atomic mass is 10.2. The van der Waals surface area contributed by atoms with E-state index >= 15 is 0 Å². The number of carbonyl (C=O) groups is 1. The van der Waals surface area contributed by atoms with Crippen LogP contribution in [0.4, 0.5) is 0 Å². The van der Waals surface area contributed by atoms with Crippen molar-refractivity contribution < 1.29 is 4.79 Å². The largest absolute Gasteiger partial charge is 0.357 e. The summed E-state index contributed by atoms with van der Waals surface area (Å²) in [7, 11) is 0. The van der Waals surface area contributed by atoms with Crippen molar-refractivity contribution >= 4 is 11.9 Å². The summed E-state index contributed by atoms with van der Waals surface area (Å²) in [4.78, 5) is 20.3. The van der Waals surface area contributed by atoms with E-state index in [1.54, 1.807) is 6.92 Å². The van der Waals surface area contributed by atoms with Crippen LogP contribution < -0.4 is 5.32 Å². The van der Waals surface area contributed by atoms with Crippen LogP contribution in [0.3, 0.4) is 0 Å². The first-order valence-electron chi connectivity index (χ1n) is 8.88. The average molecular weight is 333 g/mol. The number of fused-ring (bicyclic) bond motifs is 1. The van der Waals surface area contributed by atoms with Crippen LogP contribution in [0.1, 0.15) is 38.3 Å². The second-order valence-corrected chi connectivity index (χ2v) is 6.30. The smallest absolute Gasteiger partial charge is 0.219 e. The molecule has 0 spiro atoms. The van der Waals surface area contributed by atoms with E-state index in [0.717, 1.165) is 63.3 Å². The fourth-order valence-corrected chi connectivity index (χ4v) is 3.29. The first-order valence-corrected chi connectivity index (χ1v) is 8.88. The summed E-state index contributed by atoms with van der Waals surface area (Å²) in [5, 5.41) is 12.0. The number of carbonyl (C=O) groups excluding carboxylic acids is 1. The molecule has 8 nitrogen and oxygen atoms in total. The van der Waals surface area contributed by atoms with Crippen LogP contribution in [0.5, 0.6) is 0 Å². The lowest BCUT2D eigenvalue weighted by molar-refractivity contribution is -0.130. The molecule has 2 aliphatic rings. The molecule has 0 saturated carbocycles. The van der Waals surface area contributed by atoms with Gasteiger partial charge in [0.05, 0.1) is 0 Å². The minimum Gasteiger partial charge on any atom is -0.357 e. The Morgan fingerprint density at radius 1 is 1.12 bits per heavy atom. The minimum atomic E-state index is 0.145. The number of aryl methyl sites for hydroxylation is 1. The molecule has 1 aromatic heterocycles. The van der Waals surface area contributed by atoms with Gasteiger partial charge in [-0.25, -0.2) is 4.99 Å². The van der Waals surface area contributed by atoms with Gasteiger partial charge < -0.3 is 19.7 Å². The zero-order valence-corrected chi connectivity index (χ0v) is 14.7. The van der Waals surface area contributed by atoms with Crippen molar-refractivity contribution in [2.45, 2.75) is 46.2 Å². The third-order valence-corrected chi connectivity index (χ3v) is 4.67. The molecular weight excluding hydrogens is 306 g/mol. The van der Waals surface area contributed by atoms with Gasteiger partial charge in [0, 0.05) is 52.6 Å². The van der Waals surface area contributed by atoms with Crippen molar-refractivity contribution in [1.29, 1.82) is 0 Å². The molecule has 0 atom stereocenters. The van der Waals surface area contributed by atoms with Crippen LogP contribution in [-0.4, -0.2) is 69.2 Å². The highest BCUT2D eigenvalue weighted by molar-refractivity contribution is 5.80. The molecule has 1 amide bonds. The number of amides is 1. The Balaban J connectivity index is 1.66. The fourth-order valence-electron chi connectivity index (χ4n) is 3.29. The maximum Gasteiger partial charge on any atom is 0.219 e. The number of nitrogens with zero attached hydrogens (tertiary/aromatic N) is 6. The highest BCUT2D eigenvalue weighted by Gasteiger charge is 2.21. The number of hydrogen-bond acceptors (Lipinski definition) is 4. The normalized spacial score (nSPS) is 18.5. The van der Waals surface area contributed by atoms with Gasteiger partial charge in [0.2, 0.25) is 5.91 Å². The van der Waals surface area contributed by atoms with E-state index in [2.05, 4.69) is 31.9 Å². The molecule has 0 radical (unpaired) electrons. The Labute approximate surface area is 142 Å². The van der Waals surface area contributed by atoms with E-state index in [4.69, 9.17) is 4.99 Å². The summed E-state index contributed by atoms with van der Waals surface area (Å²) < 4.78 is 2.21. The van der Waals surface area contributed by atoms with Gasteiger partial charge >= 0.3 is 0 Å². The van der Waals surface area contributed by atoms with Crippen LogP contribution >= 0.6 is 0 Å². The maximum absolute atomic E-state index is 11.5. The van der Waals surface area contributed by atoms with E-state index in [9.17, 15) is 4.79 Å². The van der Waals surface area contributed by atoms with E-state index in [0.29, 0.717) is 6.54 Å². The Morgan fingerprint density at radius 3 is 2.58 bits per heavy atom. The number of guanidine groups is 1. The molecule has 3 heterocycles. The molecule has 0 aliphatic carbocycles. The molecule has 1 N–H and O–H groups in total. The molecule has 2 aliphatic heterocycles.